The van der Waals surface area contributed by atoms with E-state index in [9.17, 15) is 9.59 Å². The number of nitrogens with one attached hydrogen (secondary N) is 2. The van der Waals surface area contributed by atoms with Crippen molar-refractivity contribution in [2.24, 2.45) is 0 Å². The topological polar surface area (TPSA) is 92.7 Å². The molecule has 0 unspecified atom stereocenters. The average Bonchev–Trinajstić information content (AvgIpc) is 3.18. The quantitative estimate of drug-likeness (QED) is 0.364. The van der Waals surface area contributed by atoms with Crippen molar-refractivity contribution in [1.29, 1.82) is 0 Å². The minimum Gasteiger partial charge on any atom is -0.325 e. The number of nitrogens with zero attached hydrogens (tertiary/aromatic N) is 3. The molecule has 4 aromatic rings. The zero-order valence-electron chi connectivity index (χ0n) is 16.6. The van der Waals surface area contributed by atoms with Crippen LogP contribution in [0.2, 0.25) is 0 Å². The highest BCUT2D eigenvalue weighted by Crippen LogP contribution is 2.24. The van der Waals surface area contributed by atoms with Gasteiger partial charge in [0.1, 0.15) is 5.39 Å². The third-order valence-electron chi connectivity index (χ3n) is 4.61. The fourth-order valence-electron chi connectivity index (χ4n) is 3.16. The van der Waals surface area contributed by atoms with Gasteiger partial charge < -0.3 is 10.3 Å². The Hall–Kier alpha value is -3.39. The Kier molecular flexibility index (Phi) is 5.67. The summed E-state index contributed by atoms with van der Waals surface area (Å²) in [6, 6.07) is 17.2. The highest BCUT2D eigenvalue weighted by Gasteiger charge is 2.14. The van der Waals surface area contributed by atoms with Gasteiger partial charge in [0.15, 0.2) is 10.8 Å². The molecule has 0 saturated carbocycles. The van der Waals surface area contributed by atoms with Gasteiger partial charge in [-0.25, -0.2) is 9.67 Å². The lowest BCUT2D eigenvalue weighted by Crippen LogP contribution is -2.17. The summed E-state index contributed by atoms with van der Waals surface area (Å²) in [5.41, 5.74) is 2.87. The molecule has 0 saturated heterocycles. The lowest BCUT2D eigenvalue weighted by atomic mass is 10.0. The molecular formula is C22H21N5O2S. The van der Waals surface area contributed by atoms with Crippen molar-refractivity contribution in [1.82, 2.24) is 19.7 Å². The van der Waals surface area contributed by atoms with Crippen LogP contribution in [-0.4, -0.2) is 31.4 Å². The van der Waals surface area contributed by atoms with Gasteiger partial charge in [-0.05, 0) is 29.7 Å². The SMILES string of the molecule is CC(C)c1ccccc1NC(=O)CSc1nc2c(cnn2-c2ccccc2)c(=O)[nH]1. The smallest absolute Gasteiger partial charge is 0.262 e. The summed E-state index contributed by atoms with van der Waals surface area (Å²) in [7, 11) is 0. The number of amides is 1. The normalized spacial score (nSPS) is 11.2. The number of benzene rings is 2. The molecule has 0 aliphatic carbocycles. The van der Waals surface area contributed by atoms with Crippen LogP contribution < -0.4 is 10.9 Å². The van der Waals surface area contributed by atoms with Crippen molar-refractivity contribution in [2.45, 2.75) is 24.9 Å². The lowest BCUT2D eigenvalue weighted by molar-refractivity contribution is -0.113. The first-order valence-electron chi connectivity index (χ1n) is 9.58. The summed E-state index contributed by atoms with van der Waals surface area (Å²) >= 11 is 1.18. The van der Waals surface area contributed by atoms with E-state index >= 15 is 0 Å². The Morgan fingerprint density at radius 1 is 1.13 bits per heavy atom. The second-order valence-electron chi connectivity index (χ2n) is 7.08. The molecule has 30 heavy (non-hydrogen) atoms. The van der Waals surface area contributed by atoms with Crippen LogP contribution in [0, 0.1) is 0 Å². The van der Waals surface area contributed by atoms with Crippen molar-refractivity contribution in [3.05, 3.63) is 76.7 Å². The van der Waals surface area contributed by atoms with E-state index in [0.29, 0.717) is 22.1 Å². The molecule has 2 aromatic heterocycles. The standard InChI is InChI=1S/C22H21N5O2S/c1-14(2)16-10-6-7-11-18(16)24-19(28)13-30-22-25-20-17(21(29)26-22)12-23-27(20)15-8-4-3-5-9-15/h3-12,14H,13H2,1-2H3,(H,24,28)(H,25,26,29). The summed E-state index contributed by atoms with van der Waals surface area (Å²) < 4.78 is 1.62. The second-order valence-corrected chi connectivity index (χ2v) is 8.04. The van der Waals surface area contributed by atoms with Gasteiger partial charge in [0.2, 0.25) is 5.91 Å². The molecule has 2 N–H and O–H groups in total. The number of H-pyrrole nitrogens is 1. The van der Waals surface area contributed by atoms with Crippen LogP contribution in [0.4, 0.5) is 5.69 Å². The number of aromatic nitrogens is 4. The Bertz CT molecular complexity index is 1250. The molecule has 8 heteroatoms. The first-order chi connectivity index (χ1) is 14.5. The predicted octanol–water partition coefficient (Wildman–Crippen LogP) is 3.96. The molecule has 0 aliphatic heterocycles. The average molecular weight is 420 g/mol. The summed E-state index contributed by atoms with van der Waals surface area (Å²) in [6.45, 7) is 4.17. The van der Waals surface area contributed by atoms with Crippen molar-refractivity contribution < 1.29 is 4.79 Å². The second kappa shape index (κ2) is 8.54. The Labute approximate surface area is 177 Å². The van der Waals surface area contributed by atoms with Crippen molar-refractivity contribution in [2.75, 3.05) is 11.1 Å². The number of thioether (sulfide) groups is 1. The molecule has 0 atom stereocenters. The molecule has 0 spiro atoms. The fraction of sp³-hybridized carbons (Fsp3) is 0.182. The van der Waals surface area contributed by atoms with Crippen molar-refractivity contribution in [3.8, 4) is 5.69 Å². The highest BCUT2D eigenvalue weighted by atomic mass is 32.2. The number of hydrogen-bond donors (Lipinski definition) is 2. The number of carbonyl (C=O) groups is 1. The number of rotatable bonds is 6. The van der Waals surface area contributed by atoms with E-state index in [1.54, 1.807) is 4.68 Å². The lowest BCUT2D eigenvalue weighted by Gasteiger charge is -2.13. The first-order valence-corrected chi connectivity index (χ1v) is 10.6. The minimum absolute atomic E-state index is 0.125. The number of hydrogen-bond acceptors (Lipinski definition) is 5. The van der Waals surface area contributed by atoms with E-state index in [2.05, 4.69) is 34.2 Å². The van der Waals surface area contributed by atoms with Crippen LogP contribution in [0.3, 0.4) is 0 Å². The van der Waals surface area contributed by atoms with E-state index in [0.717, 1.165) is 16.9 Å². The largest absolute Gasteiger partial charge is 0.325 e. The van der Waals surface area contributed by atoms with Gasteiger partial charge in [0.05, 0.1) is 17.6 Å². The summed E-state index contributed by atoms with van der Waals surface area (Å²) in [5, 5.41) is 8.01. The number of carbonyl (C=O) groups excluding carboxylic acids is 1. The van der Waals surface area contributed by atoms with Gasteiger partial charge in [0, 0.05) is 5.69 Å². The van der Waals surface area contributed by atoms with Crippen molar-refractivity contribution in [3.63, 3.8) is 0 Å². The number of para-hydroxylation sites is 2. The maximum absolute atomic E-state index is 12.5. The van der Waals surface area contributed by atoms with Gasteiger partial charge in [0.25, 0.3) is 5.56 Å². The van der Waals surface area contributed by atoms with E-state index in [4.69, 9.17) is 0 Å². The molecule has 0 fully saturated rings. The Morgan fingerprint density at radius 2 is 1.87 bits per heavy atom. The first kappa shape index (κ1) is 19.9. The molecule has 2 heterocycles. The maximum atomic E-state index is 12.5. The summed E-state index contributed by atoms with van der Waals surface area (Å²) in [5.74, 6) is 0.264. The van der Waals surface area contributed by atoms with Crippen molar-refractivity contribution >= 4 is 34.4 Å². The fourth-order valence-corrected chi connectivity index (χ4v) is 3.82. The summed E-state index contributed by atoms with van der Waals surface area (Å²) in [6.07, 6.45) is 1.50. The molecule has 2 aromatic carbocycles. The summed E-state index contributed by atoms with van der Waals surface area (Å²) in [4.78, 5) is 32.2. The molecule has 7 nitrogen and oxygen atoms in total. The van der Waals surface area contributed by atoms with E-state index in [-0.39, 0.29) is 17.2 Å². The van der Waals surface area contributed by atoms with Gasteiger partial charge in [-0.15, -0.1) is 0 Å². The molecular weight excluding hydrogens is 398 g/mol. The third kappa shape index (κ3) is 4.13. The van der Waals surface area contributed by atoms with Gasteiger partial charge in [-0.1, -0.05) is 62.0 Å². The van der Waals surface area contributed by atoms with Gasteiger partial charge in [-0.2, -0.15) is 5.10 Å². The number of fused-ring (bicyclic) bond motifs is 1. The van der Waals surface area contributed by atoms with Crippen LogP contribution in [0.5, 0.6) is 0 Å². The number of anilines is 1. The minimum atomic E-state index is -0.282. The van der Waals surface area contributed by atoms with Gasteiger partial charge >= 0.3 is 0 Å². The molecule has 0 bridgehead atoms. The zero-order valence-corrected chi connectivity index (χ0v) is 17.4. The highest BCUT2D eigenvalue weighted by molar-refractivity contribution is 7.99. The van der Waals surface area contributed by atoms with Crippen LogP contribution in [0.15, 0.2) is 70.7 Å². The van der Waals surface area contributed by atoms with Crippen LogP contribution in [0.25, 0.3) is 16.7 Å². The molecule has 152 valence electrons. The zero-order chi connectivity index (χ0) is 21.1. The monoisotopic (exact) mass is 419 g/mol. The number of aromatic amines is 1. The molecule has 0 radical (unpaired) electrons. The third-order valence-corrected chi connectivity index (χ3v) is 5.49. The van der Waals surface area contributed by atoms with E-state index in [1.807, 2.05) is 54.6 Å². The van der Waals surface area contributed by atoms with E-state index < -0.39 is 0 Å². The Balaban J connectivity index is 1.53. The Morgan fingerprint density at radius 3 is 2.63 bits per heavy atom. The molecule has 0 aliphatic rings. The maximum Gasteiger partial charge on any atom is 0.262 e. The molecule has 1 amide bonds. The van der Waals surface area contributed by atoms with Crippen LogP contribution in [0.1, 0.15) is 25.3 Å². The van der Waals surface area contributed by atoms with E-state index in [1.165, 1.54) is 18.0 Å². The predicted molar refractivity (Wildman–Crippen MR) is 119 cm³/mol. The van der Waals surface area contributed by atoms with Gasteiger partial charge in [-0.3, -0.25) is 9.59 Å². The van der Waals surface area contributed by atoms with Crippen LogP contribution in [-0.2, 0) is 4.79 Å². The molecule has 4 rings (SSSR count). The van der Waals surface area contributed by atoms with Crippen LogP contribution >= 0.6 is 11.8 Å².